The Morgan fingerprint density at radius 1 is 0.970 bits per heavy atom. The van der Waals surface area contributed by atoms with Crippen molar-refractivity contribution in [2.45, 2.75) is 6.92 Å². The second kappa shape index (κ2) is 8.97. The Morgan fingerprint density at radius 3 is 2.33 bits per heavy atom. The van der Waals surface area contributed by atoms with E-state index in [0.717, 1.165) is 10.5 Å². The molecule has 0 aliphatic carbocycles. The van der Waals surface area contributed by atoms with Crippen LogP contribution < -0.4 is 20.7 Å². The van der Waals surface area contributed by atoms with E-state index < -0.39 is 17.8 Å². The quantitative estimate of drug-likeness (QED) is 0.233. The molecule has 4 rings (SSSR count). The topological polar surface area (TPSA) is 102 Å². The standard InChI is InChI=1S/C24H17Cl2N3O4/c1-13-6-11-19(17(27)12-13)33-24(32)14-7-9-15(10-8-14)28-21-20(26)22(30)29(23(21)31)18-5-3-2-4-16(18)25/h2-12,28H,27H2,1H3. The lowest BCUT2D eigenvalue weighted by Gasteiger charge is -2.16. The predicted molar refractivity (Wildman–Crippen MR) is 127 cm³/mol. The van der Waals surface area contributed by atoms with Gasteiger partial charge in [-0.3, -0.25) is 9.59 Å². The van der Waals surface area contributed by atoms with Crippen LogP contribution in [0.15, 0.2) is 77.5 Å². The van der Waals surface area contributed by atoms with Crippen LogP contribution in [0, 0.1) is 6.92 Å². The van der Waals surface area contributed by atoms with Crippen molar-refractivity contribution in [1.29, 1.82) is 0 Å². The monoisotopic (exact) mass is 481 g/mol. The number of carbonyl (C=O) groups excluding carboxylic acids is 3. The second-order valence-electron chi connectivity index (χ2n) is 7.22. The number of halogens is 2. The van der Waals surface area contributed by atoms with Crippen molar-refractivity contribution in [2.75, 3.05) is 16.0 Å². The molecule has 0 bridgehead atoms. The van der Waals surface area contributed by atoms with Gasteiger partial charge in [0, 0.05) is 5.69 Å². The number of imide groups is 1. The van der Waals surface area contributed by atoms with Gasteiger partial charge in [0.1, 0.15) is 10.7 Å². The lowest BCUT2D eigenvalue weighted by atomic mass is 10.2. The smallest absolute Gasteiger partial charge is 0.343 e. The molecule has 0 saturated heterocycles. The maximum atomic E-state index is 12.9. The van der Waals surface area contributed by atoms with Crippen LogP contribution in [0.3, 0.4) is 0 Å². The summed E-state index contributed by atoms with van der Waals surface area (Å²) in [4.78, 5) is 38.8. The Morgan fingerprint density at radius 2 is 1.67 bits per heavy atom. The highest BCUT2D eigenvalue weighted by molar-refractivity contribution is 6.53. The van der Waals surface area contributed by atoms with E-state index in [-0.39, 0.29) is 32.8 Å². The molecule has 0 radical (unpaired) electrons. The summed E-state index contributed by atoms with van der Waals surface area (Å²) >= 11 is 12.3. The van der Waals surface area contributed by atoms with Gasteiger partial charge in [-0.25, -0.2) is 9.69 Å². The zero-order valence-electron chi connectivity index (χ0n) is 17.3. The SMILES string of the molecule is Cc1ccc(OC(=O)c2ccc(NC3=C(Cl)C(=O)N(c4ccccc4Cl)C3=O)cc2)c(N)c1. The number of hydrogen-bond donors (Lipinski definition) is 2. The Kier molecular flexibility index (Phi) is 6.09. The molecule has 3 aromatic rings. The summed E-state index contributed by atoms with van der Waals surface area (Å²) in [6.07, 6.45) is 0. The number of para-hydroxylation sites is 1. The van der Waals surface area contributed by atoms with Crippen LogP contribution >= 0.6 is 23.2 Å². The van der Waals surface area contributed by atoms with Crippen molar-refractivity contribution in [2.24, 2.45) is 0 Å². The zero-order valence-corrected chi connectivity index (χ0v) is 18.8. The molecule has 0 aromatic heterocycles. The van der Waals surface area contributed by atoms with Gasteiger partial charge in [-0.2, -0.15) is 0 Å². The van der Waals surface area contributed by atoms with Gasteiger partial charge >= 0.3 is 5.97 Å². The summed E-state index contributed by atoms with van der Waals surface area (Å²) in [5.74, 6) is -1.66. The van der Waals surface area contributed by atoms with E-state index in [1.807, 2.05) is 6.92 Å². The summed E-state index contributed by atoms with van der Waals surface area (Å²) in [6.45, 7) is 1.88. The third kappa shape index (κ3) is 4.41. The number of ether oxygens (including phenoxy) is 1. The van der Waals surface area contributed by atoms with E-state index in [2.05, 4.69) is 5.32 Å². The molecule has 166 valence electrons. The molecule has 0 spiro atoms. The van der Waals surface area contributed by atoms with E-state index in [1.54, 1.807) is 54.6 Å². The fraction of sp³-hybridized carbons (Fsp3) is 0.0417. The molecule has 9 heteroatoms. The van der Waals surface area contributed by atoms with Crippen LogP contribution in [0.2, 0.25) is 5.02 Å². The maximum absolute atomic E-state index is 12.9. The van der Waals surface area contributed by atoms with Gasteiger partial charge in [0.05, 0.1) is 22.0 Å². The first-order chi connectivity index (χ1) is 15.8. The van der Waals surface area contributed by atoms with E-state index in [0.29, 0.717) is 11.4 Å². The maximum Gasteiger partial charge on any atom is 0.343 e. The van der Waals surface area contributed by atoms with Crippen LogP contribution in [0.25, 0.3) is 0 Å². The first kappa shape index (κ1) is 22.4. The number of nitrogens with zero attached hydrogens (tertiary/aromatic N) is 1. The molecular formula is C24H17Cl2N3O4. The van der Waals surface area contributed by atoms with Crippen molar-refractivity contribution in [3.63, 3.8) is 0 Å². The molecule has 3 aromatic carbocycles. The van der Waals surface area contributed by atoms with Gasteiger partial charge in [0.25, 0.3) is 11.8 Å². The van der Waals surface area contributed by atoms with Gasteiger partial charge in [-0.1, -0.05) is 41.4 Å². The molecule has 3 N–H and O–H groups in total. The van der Waals surface area contributed by atoms with E-state index in [1.165, 1.54) is 12.1 Å². The molecule has 1 aliphatic rings. The summed E-state index contributed by atoms with van der Waals surface area (Å²) in [5, 5.41) is 2.81. The van der Waals surface area contributed by atoms with Crippen LogP contribution in [0.5, 0.6) is 5.75 Å². The van der Waals surface area contributed by atoms with E-state index >= 15 is 0 Å². The van der Waals surface area contributed by atoms with Gasteiger partial charge in [-0.05, 0) is 61.0 Å². The number of nitrogens with two attached hydrogens (primary N) is 1. The van der Waals surface area contributed by atoms with Gasteiger partial charge in [0.2, 0.25) is 0 Å². The van der Waals surface area contributed by atoms with E-state index in [9.17, 15) is 14.4 Å². The Balaban J connectivity index is 1.49. The van der Waals surface area contributed by atoms with Gasteiger partial charge < -0.3 is 15.8 Å². The fourth-order valence-corrected chi connectivity index (χ4v) is 3.65. The number of esters is 1. The van der Waals surface area contributed by atoms with Crippen LogP contribution in [-0.2, 0) is 9.59 Å². The molecule has 7 nitrogen and oxygen atoms in total. The highest BCUT2D eigenvalue weighted by atomic mass is 35.5. The largest absolute Gasteiger partial charge is 0.421 e. The first-order valence-electron chi connectivity index (χ1n) is 9.74. The summed E-state index contributed by atoms with van der Waals surface area (Å²) < 4.78 is 5.35. The van der Waals surface area contributed by atoms with Crippen LogP contribution in [0.1, 0.15) is 15.9 Å². The molecule has 33 heavy (non-hydrogen) atoms. The number of rotatable bonds is 5. The Hall–Kier alpha value is -3.81. The molecule has 0 unspecified atom stereocenters. The third-order valence-corrected chi connectivity index (χ3v) is 5.55. The van der Waals surface area contributed by atoms with Crippen molar-refractivity contribution < 1.29 is 19.1 Å². The number of aryl methyl sites for hydroxylation is 1. The number of amides is 2. The number of nitrogen functional groups attached to an aromatic ring is 1. The highest BCUT2D eigenvalue weighted by Crippen LogP contribution is 2.34. The zero-order chi connectivity index (χ0) is 23.7. The molecule has 2 amide bonds. The lowest BCUT2D eigenvalue weighted by Crippen LogP contribution is -2.32. The molecule has 0 atom stereocenters. The average Bonchev–Trinajstić information content (AvgIpc) is 3.00. The normalized spacial score (nSPS) is 13.5. The fourth-order valence-electron chi connectivity index (χ4n) is 3.22. The number of hydrogen-bond acceptors (Lipinski definition) is 6. The van der Waals surface area contributed by atoms with Crippen LogP contribution in [0.4, 0.5) is 17.1 Å². The highest BCUT2D eigenvalue weighted by Gasteiger charge is 2.39. The molecule has 0 fully saturated rings. The summed E-state index contributed by atoms with van der Waals surface area (Å²) in [6, 6.07) is 17.7. The number of carbonyl (C=O) groups is 3. The average molecular weight is 482 g/mol. The molecule has 1 aliphatic heterocycles. The summed E-state index contributed by atoms with van der Waals surface area (Å²) in [5.41, 5.74) is 8.04. The predicted octanol–water partition coefficient (Wildman–Crippen LogP) is 4.89. The van der Waals surface area contributed by atoms with Crippen molar-refractivity contribution in [3.8, 4) is 5.75 Å². The van der Waals surface area contributed by atoms with Crippen molar-refractivity contribution in [3.05, 3.63) is 93.6 Å². The number of benzene rings is 3. The Bertz CT molecular complexity index is 1320. The minimum Gasteiger partial charge on any atom is -0.421 e. The van der Waals surface area contributed by atoms with Crippen molar-refractivity contribution >= 4 is 58.0 Å². The minimum atomic E-state index is -0.687. The second-order valence-corrected chi connectivity index (χ2v) is 8.00. The number of anilines is 3. The first-order valence-corrected chi connectivity index (χ1v) is 10.5. The Labute approximate surface area is 199 Å². The van der Waals surface area contributed by atoms with Crippen LogP contribution in [-0.4, -0.2) is 17.8 Å². The lowest BCUT2D eigenvalue weighted by molar-refractivity contribution is -0.120. The third-order valence-electron chi connectivity index (χ3n) is 4.88. The molecule has 0 saturated carbocycles. The van der Waals surface area contributed by atoms with E-state index in [4.69, 9.17) is 33.7 Å². The van der Waals surface area contributed by atoms with Gasteiger partial charge in [-0.15, -0.1) is 0 Å². The summed E-state index contributed by atoms with van der Waals surface area (Å²) in [7, 11) is 0. The molecular weight excluding hydrogens is 465 g/mol. The minimum absolute atomic E-state index is 0.0932. The van der Waals surface area contributed by atoms with Gasteiger partial charge in [0.15, 0.2) is 5.75 Å². The van der Waals surface area contributed by atoms with Crippen molar-refractivity contribution in [1.82, 2.24) is 0 Å². The number of nitrogens with one attached hydrogen (secondary N) is 1. The molecule has 1 heterocycles.